The van der Waals surface area contributed by atoms with Crippen molar-refractivity contribution >= 4 is 21.7 Å². The van der Waals surface area contributed by atoms with Gasteiger partial charge in [-0.2, -0.15) is 4.31 Å². The second-order valence-electron chi connectivity index (χ2n) is 9.41. The van der Waals surface area contributed by atoms with Gasteiger partial charge in [-0.3, -0.25) is 0 Å². The summed E-state index contributed by atoms with van der Waals surface area (Å²) in [5, 5.41) is 9.96. The number of benzene rings is 3. The Morgan fingerprint density at radius 2 is 1.44 bits per heavy atom. The molecule has 0 unspecified atom stereocenters. The standard InChI is InChI=1S/C31H40N2O5S/c1-5-9-19-32(20-10-6-2)28-22-26(31(34)35)23-29(39(36,37)33(7-3)8-4)30(28)38-27-18-14-17-25(21-27)24-15-12-11-13-16-24/h11-18,21-23H,5-10,19-20H2,1-4H3,(H,34,35). The molecule has 0 saturated carbocycles. The van der Waals surface area contributed by atoms with Gasteiger partial charge in [0, 0.05) is 26.2 Å². The van der Waals surface area contributed by atoms with E-state index in [1.165, 1.54) is 10.4 Å². The third-order valence-corrected chi connectivity index (χ3v) is 8.73. The van der Waals surface area contributed by atoms with Crippen LogP contribution < -0.4 is 9.64 Å². The van der Waals surface area contributed by atoms with Gasteiger partial charge in [0.1, 0.15) is 10.6 Å². The number of nitrogens with zero attached hydrogens (tertiary/aromatic N) is 2. The molecule has 0 heterocycles. The van der Waals surface area contributed by atoms with Crippen molar-refractivity contribution in [3.05, 3.63) is 72.3 Å². The van der Waals surface area contributed by atoms with Gasteiger partial charge in [0.05, 0.1) is 11.3 Å². The Morgan fingerprint density at radius 1 is 0.821 bits per heavy atom. The third-order valence-electron chi connectivity index (χ3n) is 6.67. The molecule has 1 N–H and O–H groups in total. The molecule has 0 saturated heterocycles. The van der Waals surface area contributed by atoms with E-state index >= 15 is 0 Å². The Morgan fingerprint density at radius 3 is 2.00 bits per heavy atom. The van der Waals surface area contributed by atoms with Crippen LogP contribution in [0.25, 0.3) is 11.1 Å². The minimum atomic E-state index is -4.05. The first-order valence-corrected chi connectivity index (χ1v) is 15.2. The number of unbranched alkanes of at least 4 members (excludes halogenated alkanes) is 2. The van der Waals surface area contributed by atoms with Crippen LogP contribution in [-0.2, 0) is 10.0 Å². The average molecular weight is 553 g/mol. The number of hydrogen-bond acceptors (Lipinski definition) is 5. The summed E-state index contributed by atoms with van der Waals surface area (Å²) in [6.45, 7) is 9.54. The molecular weight excluding hydrogens is 512 g/mol. The van der Waals surface area contributed by atoms with Crippen LogP contribution in [0.2, 0.25) is 0 Å². The molecule has 3 aromatic carbocycles. The number of ether oxygens (including phenoxy) is 1. The molecule has 3 aromatic rings. The summed E-state index contributed by atoms with van der Waals surface area (Å²) in [4.78, 5) is 14.1. The van der Waals surface area contributed by atoms with Crippen molar-refractivity contribution in [1.82, 2.24) is 4.31 Å². The number of hydrogen-bond donors (Lipinski definition) is 1. The smallest absolute Gasteiger partial charge is 0.335 e. The molecule has 0 atom stereocenters. The molecule has 39 heavy (non-hydrogen) atoms. The van der Waals surface area contributed by atoms with Crippen LogP contribution in [0.15, 0.2) is 71.6 Å². The van der Waals surface area contributed by atoms with Crippen molar-refractivity contribution in [1.29, 1.82) is 0 Å². The maximum absolute atomic E-state index is 13.9. The molecule has 0 radical (unpaired) electrons. The molecule has 0 aliphatic carbocycles. The van der Waals surface area contributed by atoms with Gasteiger partial charge in [0.2, 0.25) is 10.0 Å². The summed E-state index contributed by atoms with van der Waals surface area (Å²) in [6, 6.07) is 20.1. The first-order valence-electron chi connectivity index (χ1n) is 13.8. The fourth-order valence-electron chi connectivity index (χ4n) is 4.48. The summed E-state index contributed by atoms with van der Waals surface area (Å²) in [5.74, 6) is -0.553. The number of carbonyl (C=O) groups is 1. The van der Waals surface area contributed by atoms with Crippen LogP contribution in [0, 0.1) is 0 Å². The highest BCUT2D eigenvalue weighted by Gasteiger charge is 2.31. The lowest BCUT2D eigenvalue weighted by atomic mass is 10.1. The molecule has 8 heteroatoms. The number of carboxylic acid groups (broad SMARTS) is 1. The van der Waals surface area contributed by atoms with Gasteiger partial charge >= 0.3 is 5.97 Å². The zero-order valence-corrected chi connectivity index (χ0v) is 24.2. The van der Waals surface area contributed by atoms with Crippen LogP contribution in [0.3, 0.4) is 0 Å². The Bertz CT molecular complexity index is 1330. The minimum absolute atomic E-state index is 0.0842. The van der Waals surface area contributed by atoms with Gasteiger partial charge < -0.3 is 14.7 Å². The fraction of sp³-hybridized carbons (Fsp3) is 0.387. The molecule has 0 aliphatic rings. The van der Waals surface area contributed by atoms with E-state index in [4.69, 9.17) is 4.74 Å². The van der Waals surface area contributed by atoms with E-state index < -0.39 is 16.0 Å². The molecule has 3 rings (SSSR count). The van der Waals surface area contributed by atoms with Crippen LogP contribution >= 0.6 is 0 Å². The SMILES string of the molecule is CCCCN(CCCC)c1cc(C(=O)O)cc(S(=O)(=O)N(CC)CC)c1Oc1cccc(-c2ccccc2)c1. The molecule has 0 spiro atoms. The van der Waals surface area contributed by atoms with Crippen LogP contribution in [-0.4, -0.2) is 50.0 Å². The Kier molecular flexibility index (Phi) is 10.9. The Hall–Kier alpha value is -3.36. The van der Waals surface area contributed by atoms with Gasteiger partial charge in [-0.15, -0.1) is 0 Å². The summed E-state index contributed by atoms with van der Waals surface area (Å²) >= 11 is 0. The van der Waals surface area contributed by atoms with Crippen molar-refractivity contribution in [2.45, 2.75) is 58.3 Å². The first-order chi connectivity index (χ1) is 18.8. The molecule has 0 aliphatic heterocycles. The summed E-state index contributed by atoms with van der Waals surface area (Å²) < 4.78 is 35.6. The van der Waals surface area contributed by atoms with Gasteiger partial charge in [-0.1, -0.05) is 83.0 Å². The zero-order chi connectivity index (χ0) is 28.4. The highest BCUT2D eigenvalue weighted by molar-refractivity contribution is 7.89. The van der Waals surface area contributed by atoms with E-state index in [2.05, 4.69) is 18.7 Å². The fourth-order valence-corrected chi connectivity index (χ4v) is 6.10. The highest BCUT2D eigenvalue weighted by Crippen LogP contribution is 2.42. The Labute approximate surface area is 233 Å². The van der Waals surface area contributed by atoms with Crippen molar-refractivity contribution in [3.63, 3.8) is 0 Å². The highest BCUT2D eigenvalue weighted by atomic mass is 32.2. The summed E-state index contributed by atoms with van der Waals surface area (Å²) in [6.07, 6.45) is 3.65. The monoisotopic (exact) mass is 552 g/mol. The van der Waals surface area contributed by atoms with E-state index in [0.717, 1.165) is 36.8 Å². The molecule has 0 bridgehead atoms. The molecule has 0 aromatic heterocycles. The van der Waals surface area contributed by atoms with Crippen molar-refractivity contribution in [3.8, 4) is 22.6 Å². The normalized spacial score (nSPS) is 11.5. The maximum Gasteiger partial charge on any atom is 0.335 e. The first kappa shape index (κ1) is 30.2. The quantitative estimate of drug-likeness (QED) is 0.213. The lowest BCUT2D eigenvalue weighted by Crippen LogP contribution is -2.32. The Balaban J connectivity index is 2.28. The van der Waals surface area contributed by atoms with Crippen molar-refractivity contribution in [2.24, 2.45) is 0 Å². The predicted molar refractivity (Wildman–Crippen MR) is 157 cm³/mol. The van der Waals surface area contributed by atoms with Gasteiger partial charge in [0.15, 0.2) is 5.75 Å². The second kappa shape index (κ2) is 14.1. The topological polar surface area (TPSA) is 87.2 Å². The molecule has 0 amide bonds. The molecule has 210 valence electrons. The molecule has 7 nitrogen and oxygen atoms in total. The van der Waals surface area contributed by atoms with Crippen molar-refractivity contribution in [2.75, 3.05) is 31.1 Å². The van der Waals surface area contributed by atoms with Gasteiger partial charge in [-0.05, 0) is 48.2 Å². The maximum atomic E-state index is 13.9. The third kappa shape index (κ3) is 7.40. The lowest BCUT2D eigenvalue weighted by Gasteiger charge is -2.29. The number of rotatable bonds is 15. The number of aromatic carboxylic acids is 1. The average Bonchev–Trinajstić information content (AvgIpc) is 2.94. The van der Waals surface area contributed by atoms with Gasteiger partial charge in [-0.25, -0.2) is 13.2 Å². The number of sulfonamides is 1. The van der Waals surface area contributed by atoms with E-state index in [1.807, 2.05) is 48.5 Å². The molecule has 0 fully saturated rings. The van der Waals surface area contributed by atoms with E-state index in [0.29, 0.717) is 24.5 Å². The number of carboxylic acids is 1. The van der Waals surface area contributed by atoms with Crippen LogP contribution in [0.4, 0.5) is 5.69 Å². The van der Waals surface area contributed by atoms with Crippen molar-refractivity contribution < 1.29 is 23.1 Å². The molecular formula is C31H40N2O5S. The zero-order valence-electron chi connectivity index (χ0n) is 23.4. The van der Waals surface area contributed by atoms with Crippen LogP contribution in [0.5, 0.6) is 11.5 Å². The van der Waals surface area contributed by atoms with E-state index in [1.54, 1.807) is 26.0 Å². The summed E-state index contributed by atoms with van der Waals surface area (Å²) in [7, 11) is -4.05. The van der Waals surface area contributed by atoms with E-state index in [-0.39, 0.29) is 29.3 Å². The predicted octanol–water partition coefficient (Wildman–Crippen LogP) is 7.28. The second-order valence-corrected chi connectivity index (χ2v) is 11.3. The van der Waals surface area contributed by atoms with Crippen LogP contribution in [0.1, 0.15) is 63.7 Å². The van der Waals surface area contributed by atoms with Gasteiger partial charge in [0.25, 0.3) is 0 Å². The summed E-state index contributed by atoms with van der Waals surface area (Å²) in [5.41, 5.74) is 2.33. The lowest BCUT2D eigenvalue weighted by molar-refractivity contribution is 0.0696. The largest absolute Gasteiger partial charge is 0.478 e. The number of anilines is 1. The minimum Gasteiger partial charge on any atom is -0.478 e. The van der Waals surface area contributed by atoms with E-state index in [9.17, 15) is 18.3 Å².